The predicted molar refractivity (Wildman–Crippen MR) is 115 cm³/mol. The molecule has 0 bridgehead atoms. The summed E-state index contributed by atoms with van der Waals surface area (Å²) in [4.78, 5) is 16.4. The summed E-state index contributed by atoms with van der Waals surface area (Å²) >= 11 is 0. The van der Waals surface area contributed by atoms with E-state index in [0.29, 0.717) is 16.8 Å². The quantitative estimate of drug-likeness (QED) is 0.435. The van der Waals surface area contributed by atoms with E-state index < -0.39 is 31.8 Å². The summed E-state index contributed by atoms with van der Waals surface area (Å²) in [5, 5.41) is 11.3. The third-order valence-electron chi connectivity index (χ3n) is 5.26. The van der Waals surface area contributed by atoms with Crippen LogP contribution < -0.4 is 11.4 Å². The number of rotatable bonds is 4. The fraction of sp³-hybridized carbons (Fsp3) is 0.143. The first kappa shape index (κ1) is 22.4. The number of fused-ring (bicyclic) bond motifs is 1. The standard InChI is InChI=1S/C21H17F3N4O4S/c1-12-19(29)28(15-3-5-16(6-4-15)33(31,32)21(22,23)24)20(30)27(12)11-13-8-9-26-18-7-2-14(25)10-17(13)18/h2-10,29H,11,25H2,1H3. The van der Waals surface area contributed by atoms with Crippen molar-refractivity contribution in [3.8, 4) is 11.6 Å². The summed E-state index contributed by atoms with van der Waals surface area (Å²) in [6.45, 7) is 1.57. The van der Waals surface area contributed by atoms with Gasteiger partial charge in [0.15, 0.2) is 0 Å². The number of alkyl halides is 3. The Labute approximate surface area is 185 Å². The van der Waals surface area contributed by atoms with Crippen LogP contribution in [0.4, 0.5) is 18.9 Å². The van der Waals surface area contributed by atoms with Crippen molar-refractivity contribution >= 4 is 26.4 Å². The molecule has 0 unspecified atom stereocenters. The van der Waals surface area contributed by atoms with Crippen LogP contribution in [-0.2, 0) is 16.4 Å². The molecule has 2 aromatic carbocycles. The molecule has 0 radical (unpaired) electrons. The van der Waals surface area contributed by atoms with Crippen LogP contribution in [0.1, 0.15) is 11.3 Å². The molecule has 0 fully saturated rings. The molecule has 0 saturated carbocycles. The molecule has 172 valence electrons. The van der Waals surface area contributed by atoms with E-state index in [-0.39, 0.29) is 17.9 Å². The first-order valence-corrected chi connectivity index (χ1v) is 11.0. The van der Waals surface area contributed by atoms with E-state index in [1.165, 1.54) is 11.5 Å². The molecular formula is C21H17F3N4O4S. The lowest BCUT2D eigenvalue weighted by Gasteiger charge is -2.09. The number of nitrogens with two attached hydrogens (primary N) is 1. The Morgan fingerprint density at radius 3 is 2.39 bits per heavy atom. The number of imidazole rings is 1. The number of sulfone groups is 1. The van der Waals surface area contributed by atoms with Crippen LogP contribution in [0.25, 0.3) is 16.6 Å². The Hall–Kier alpha value is -3.80. The molecule has 4 aromatic rings. The molecule has 3 N–H and O–H groups in total. The van der Waals surface area contributed by atoms with Gasteiger partial charge in [-0.1, -0.05) is 0 Å². The van der Waals surface area contributed by atoms with Crippen molar-refractivity contribution in [2.24, 2.45) is 0 Å². The van der Waals surface area contributed by atoms with E-state index in [9.17, 15) is 31.5 Å². The molecule has 0 atom stereocenters. The van der Waals surface area contributed by atoms with Crippen LogP contribution in [0.15, 0.2) is 64.4 Å². The average Bonchev–Trinajstić information content (AvgIpc) is 2.96. The van der Waals surface area contributed by atoms with Gasteiger partial charge in [-0.2, -0.15) is 13.2 Å². The van der Waals surface area contributed by atoms with Gasteiger partial charge in [0.1, 0.15) is 0 Å². The SMILES string of the molecule is Cc1c(O)n(-c2ccc(S(=O)(=O)C(F)(F)F)cc2)c(=O)n1Cc1ccnc2ccc(N)cc12. The second-order valence-electron chi connectivity index (χ2n) is 7.30. The maximum absolute atomic E-state index is 13.1. The van der Waals surface area contributed by atoms with E-state index >= 15 is 0 Å². The van der Waals surface area contributed by atoms with Gasteiger partial charge in [-0.15, -0.1) is 0 Å². The van der Waals surface area contributed by atoms with E-state index in [1.54, 1.807) is 30.5 Å². The van der Waals surface area contributed by atoms with Gasteiger partial charge in [-0.05, 0) is 61.0 Å². The Balaban J connectivity index is 1.78. The molecule has 4 rings (SSSR count). The highest BCUT2D eigenvalue weighted by atomic mass is 32.2. The number of aromatic hydroxyl groups is 1. The lowest BCUT2D eigenvalue weighted by molar-refractivity contribution is -0.0436. The summed E-state index contributed by atoms with van der Waals surface area (Å²) in [5.74, 6) is -0.427. The first-order valence-electron chi connectivity index (χ1n) is 9.48. The third kappa shape index (κ3) is 3.71. The molecule has 12 heteroatoms. The van der Waals surface area contributed by atoms with Crippen molar-refractivity contribution in [1.29, 1.82) is 0 Å². The van der Waals surface area contributed by atoms with Crippen molar-refractivity contribution in [2.75, 3.05) is 5.73 Å². The number of halogens is 3. The molecule has 0 spiro atoms. The summed E-state index contributed by atoms with van der Waals surface area (Å²) in [6.07, 6.45) is 1.57. The Morgan fingerprint density at radius 1 is 1.09 bits per heavy atom. The monoisotopic (exact) mass is 478 g/mol. The van der Waals surface area contributed by atoms with E-state index in [1.807, 2.05) is 0 Å². The molecule has 8 nitrogen and oxygen atoms in total. The number of hydrogen-bond acceptors (Lipinski definition) is 6. The summed E-state index contributed by atoms with van der Waals surface area (Å²) in [7, 11) is -5.53. The van der Waals surface area contributed by atoms with Crippen molar-refractivity contribution in [1.82, 2.24) is 14.1 Å². The maximum atomic E-state index is 13.1. The van der Waals surface area contributed by atoms with Gasteiger partial charge in [-0.3, -0.25) is 9.55 Å². The summed E-state index contributed by atoms with van der Waals surface area (Å²) in [5.41, 5.74) is 1.85. The van der Waals surface area contributed by atoms with Gasteiger partial charge in [0.2, 0.25) is 5.88 Å². The smallest absolute Gasteiger partial charge is 0.493 e. The number of hydrogen-bond donors (Lipinski definition) is 2. The highest BCUT2D eigenvalue weighted by Gasteiger charge is 2.46. The number of aromatic nitrogens is 3. The molecule has 0 amide bonds. The average molecular weight is 478 g/mol. The first-order chi connectivity index (χ1) is 15.4. The molecule has 2 aromatic heterocycles. The van der Waals surface area contributed by atoms with Crippen LogP contribution in [-0.4, -0.2) is 33.2 Å². The molecule has 2 heterocycles. The van der Waals surface area contributed by atoms with Crippen LogP contribution >= 0.6 is 0 Å². The van der Waals surface area contributed by atoms with Crippen LogP contribution in [0, 0.1) is 6.92 Å². The largest absolute Gasteiger partial charge is 0.501 e. The summed E-state index contributed by atoms with van der Waals surface area (Å²) in [6, 6.07) is 10.4. The zero-order chi connectivity index (χ0) is 24.1. The molecule has 0 aliphatic carbocycles. The van der Waals surface area contributed by atoms with Crippen molar-refractivity contribution in [3.63, 3.8) is 0 Å². The molecular weight excluding hydrogens is 461 g/mol. The normalized spacial score (nSPS) is 12.4. The predicted octanol–water partition coefficient (Wildman–Crippen LogP) is 3.13. The van der Waals surface area contributed by atoms with Crippen LogP contribution in [0.3, 0.4) is 0 Å². The van der Waals surface area contributed by atoms with E-state index in [4.69, 9.17) is 5.73 Å². The second kappa shape index (κ2) is 7.66. The fourth-order valence-electron chi connectivity index (χ4n) is 3.49. The van der Waals surface area contributed by atoms with E-state index in [2.05, 4.69) is 4.98 Å². The van der Waals surface area contributed by atoms with Gasteiger partial charge in [0, 0.05) is 17.3 Å². The van der Waals surface area contributed by atoms with Crippen molar-refractivity contribution in [3.05, 3.63) is 76.5 Å². The van der Waals surface area contributed by atoms with E-state index in [0.717, 1.165) is 34.2 Å². The Morgan fingerprint density at radius 2 is 1.76 bits per heavy atom. The highest BCUT2D eigenvalue weighted by molar-refractivity contribution is 7.92. The fourth-order valence-corrected chi connectivity index (χ4v) is 4.25. The number of pyridine rings is 1. The maximum Gasteiger partial charge on any atom is 0.501 e. The van der Waals surface area contributed by atoms with Crippen LogP contribution in [0.2, 0.25) is 0 Å². The van der Waals surface area contributed by atoms with Crippen molar-refractivity contribution in [2.45, 2.75) is 23.9 Å². The Bertz CT molecular complexity index is 1540. The lowest BCUT2D eigenvalue weighted by atomic mass is 10.1. The van der Waals surface area contributed by atoms with Gasteiger partial charge in [0.25, 0.3) is 9.84 Å². The molecule has 0 aliphatic heterocycles. The minimum absolute atomic E-state index is 0.00399. The number of benzene rings is 2. The van der Waals surface area contributed by atoms with Crippen LogP contribution in [0.5, 0.6) is 5.88 Å². The third-order valence-corrected chi connectivity index (χ3v) is 6.76. The van der Waals surface area contributed by atoms with Gasteiger partial charge in [-0.25, -0.2) is 17.8 Å². The number of anilines is 1. The lowest BCUT2D eigenvalue weighted by Crippen LogP contribution is -2.25. The molecule has 0 aliphatic rings. The minimum Gasteiger partial charge on any atom is -0.493 e. The van der Waals surface area contributed by atoms with Gasteiger partial charge >= 0.3 is 11.2 Å². The zero-order valence-corrected chi connectivity index (χ0v) is 17.9. The van der Waals surface area contributed by atoms with Crippen molar-refractivity contribution < 1.29 is 26.7 Å². The molecule has 33 heavy (non-hydrogen) atoms. The zero-order valence-electron chi connectivity index (χ0n) is 17.0. The minimum atomic E-state index is -5.53. The second-order valence-corrected chi connectivity index (χ2v) is 9.24. The topological polar surface area (TPSA) is 120 Å². The van der Waals surface area contributed by atoms with Gasteiger partial charge < -0.3 is 10.8 Å². The Kier molecular flexibility index (Phi) is 5.20. The summed E-state index contributed by atoms with van der Waals surface area (Å²) < 4.78 is 63.6. The van der Waals surface area contributed by atoms with Gasteiger partial charge in [0.05, 0.1) is 28.3 Å². The number of nitrogen functional groups attached to an aromatic ring is 1. The highest BCUT2D eigenvalue weighted by Crippen LogP contribution is 2.31. The molecule has 0 saturated heterocycles. The number of nitrogens with zero attached hydrogens (tertiary/aromatic N) is 3.